The van der Waals surface area contributed by atoms with Crippen molar-refractivity contribution in [1.82, 2.24) is 9.80 Å². The minimum atomic E-state index is -0.460. The van der Waals surface area contributed by atoms with Crippen LogP contribution in [0.2, 0.25) is 15.1 Å². The van der Waals surface area contributed by atoms with Crippen LogP contribution in [-0.4, -0.2) is 42.4 Å². The molecule has 0 unspecified atom stereocenters. The number of benzene rings is 3. The number of hydrogen-bond donors (Lipinski definition) is 0. The van der Waals surface area contributed by atoms with E-state index in [-0.39, 0.29) is 11.9 Å². The third-order valence-corrected chi connectivity index (χ3v) is 7.11. The van der Waals surface area contributed by atoms with Gasteiger partial charge in [-0.25, -0.2) is 0 Å². The highest BCUT2D eigenvalue weighted by atomic mass is 35.5. The molecule has 4 rings (SSSR count). The fraction of sp³-hybridized carbons (Fsp3) is 0.296. The highest BCUT2D eigenvalue weighted by molar-refractivity contribution is 6.31. The zero-order valence-electron chi connectivity index (χ0n) is 18.6. The van der Waals surface area contributed by atoms with E-state index in [1.54, 1.807) is 0 Å². The van der Waals surface area contributed by atoms with E-state index in [9.17, 15) is 4.79 Å². The first-order chi connectivity index (χ1) is 15.9. The SMILES string of the molecule is CN(C(=O)C(c1ccc(Cl)cc1)c1ccc(Cl)cc1)[C@H](CN1CCCC1)c1ccc(Cl)cc1. The van der Waals surface area contributed by atoms with Crippen molar-refractivity contribution in [3.8, 4) is 0 Å². The number of halogens is 3. The summed E-state index contributed by atoms with van der Waals surface area (Å²) in [6, 6.07) is 22.7. The Kier molecular flexibility index (Phi) is 7.98. The summed E-state index contributed by atoms with van der Waals surface area (Å²) in [6.07, 6.45) is 2.40. The summed E-state index contributed by atoms with van der Waals surface area (Å²) in [4.78, 5) is 18.4. The van der Waals surface area contributed by atoms with Crippen molar-refractivity contribution in [3.05, 3.63) is 105 Å². The summed E-state index contributed by atoms with van der Waals surface area (Å²) in [5, 5.41) is 1.97. The molecule has 1 aliphatic heterocycles. The number of amides is 1. The Morgan fingerprint density at radius 1 is 0.758 bits per heavy atom. The molecule has 3 aromatic rings. The van der Waals surface area contributed by atoms with Crippen LogP contribution in [0.3, 0.4) is 0 Å². The standard InChI is InChI=1S/C27H27Cl3N2O/c1-31(25(18-32-16-2-3-17-32)19-4-10-22(28)11-5-19)27(33)26(20-6-12-23(29)13-7-20)21-8-14-24(30)15-9-21/h4-15,25-26H,2-3,16-18H2,1H3/t25-/m1/s1. The molecule has 6 heteroatoms. The van der Waals surface area contributed by atoms with Crippen LogP contribution in [0, 0.1) is 0 Å². The minimum absolute atomic E-state index is 0.0267. The number of likely N-dealkylation sites (tertiary alicyclic amines) is 1. The largest absolute Gasteiger partial charge is 0.337 e. The summed E-state index contributed by atoms with van der Waals surface area (Å²) in [6.45, 7) is 2.91. The molecule has 0 spiro atoms. The number of carbonyl (C=O) groups excluding carboxylic acids is 1. The zero-order valence-corrected chi connectivity index (χ0v) is 20.8. The van der Waals surface area contributed by atoms with Crippen molar-refractivity contribution in [2.45, 2.75) is 24.8 Å². The monoisotopic (exact) mass is 500 g/mol. The molecule has 33 heavy (non-hydrogen) atoms. The van der Waals surface area contributed by atoms with Gasteiger partial charge in [0.05, 0.1) is 12.0 Å². The molecule has 0 N–H and O–H groups in total. The van der Waals surface area contributed by atoms with Gasteiger partial charge in [0.1, 0.15) is 0 Å². The first-order valence-electron chi connectivity index (χ1n) is 11.2. The summed E-state index contributed by atoms with van der Waals surface area (Å²) < 4.78 is 0. The molecule has 1 aliphatic rings. The fourth-order valence-electron chi connectivity index (χ4n) is 4.49. The van der Waals surface area contributed by atoms with E-state index in [1.807, 2.05) is 84.7 Å². The lowest BCUT2D eigenvalue weighted by Crippen LogP contribution is -2.41. The Bertz CT molecular complexity index is 1020. The maximum Gasteiger partial charge on any atom is 0.234 e. The van der Waals surface area contributed by atoms with Crippen LogP contribution in [-0.2, 0) is 4.79 Å². The third-order valence-electron chi connectivity index (χ3n) is 6.35. The Balaban J connectivity index is 1.70. The van der Waals surface area contributed by atoms with Gasteiger partial charge in [-0.3, -0.25) is 4.79 Å². The van der Waals surface area contributed by atoms with Crippen molar-refractivity contribution >= 4 is 40.7 Å². The van der Waals surface area contributed by atoms with Crippen molar-refractivity contribution < 1.29 is 4.79 Å². The molecule has 1 fully saturated rings. The minimum Gasteiger partial charge on any atom is -0.337 e. The predicted octanol–water partition coefficient (Wildman–Crippen LogP) is 7.07. The Morgan fingerprint density at radius 3 is 1.58 bits per heavy atom. The first-order valence-corrected chi connectivity index (χ1v) is 12.3. The van der Waals surface area contributed by atoms with E-state index >= 15 is 0 Å². The number of nitrogens with zero attached hydrogens (tertiary/aromatic N) is 2. The van der Waals surface area contributed by atoms with Gasteiger partial charge < -0.3 is 9.80 Å². The van der Waals surface area contributed by atoms with E-state index in [4.69, 9.17) is 34.8 Å². The maximum atomic E-state index is 14.1. The quantitative estimate of drug-likeness (QED) is 0.345. The molecule has 0 aliphatic carbocycles. The van der Waals surface area contributed by atoms with E-state index in [1.165, 1.54) is 12.8 Å². The smallest absolute Gasteiger partial charge is 0.234 e. The maximum absolute atomic E-state index is 14.1. The molecule has 3 nitrogen and oxygen atoms in total. The van der Waals surface area contributed by atoms with Crippen LogP contribution in [0.15, 0.2) is 72.8 Å². The summed E-state index contributed by atoms with van der Waals surface area (Å²) >= 11 is 18.4. The van der Waals surface area contributed by atoms with Gasteiger partial charge in [0.2, 0.25) is 5.91 Å². The van der Waals surface area contributed by atoms with Gasteiger partial charge in [-0.05, 0) is 79.0 Å². The van der Waals surface area contributed by atoms with Crippen LogP contribution in [0.4, 0.5) is 0 Å². The topological polar surface area (TPSA) is 23.6 Å². The molecule has 0 saturated carbocycles. The van der Waals surface area contributed by atoms with Crippen LogP contribution in [0.1, 0.15) is 41.5 Å². The Morgan fingerprint density at radius 2 is 1.15 bits per heavy atom. The molecule has 0 aromatic heterocycles. The normalized spacial score (nSPS) is 15.1. The van der Waals surface area contributed by atoms with Gasteiger partial charge in [-0.1, -0.05) is 71.2 Å². The number of likely N-dealkylation sites (N-methyl/N-ethyl adjacent to an activating group) is 1. The molecule has 1 amide bonds. The van der Waals surface area contributed by atoms with Gasteiger partial charge in [-0.15, -0.1) is 0 Å². The average Bonchev–Trinajstić information content (AvgIpc) is 3.34. The number of rotatable bonds is 7. The molecule has 0 radical (unpaired) electrons. The second-order valence-corrected chi connectivity index (χ2v) is 9.87. The number of hydrogen-bond acceptors (Lipinski definition) is 2. The zero-order chi connectivity index (χ0) is 23.4. The van der Waals surface area contributed by atoms with Gasteiger partial charge >= 0.3 is 0 Å². The molecule has 3 aromatic carbocycles. The van der Waals surface area contributed by atoms with E-state index in [0.717, 1.165) is 36.3 Å². The van der Waals surface area contributed by atoms with Crippen LogP contribution < -0.4 is 0 Å². The van der Waals surface area contributed by atoms with Crippen LogP contribution in [0.25, 0.3) is 0 Å². The summed E-state index contributed by atoms with van der Waals surface area (Å²) in [5.74, 6) is -0.434. The molecular weight excluding hydrogens is 475 g/mol. The second-order valence-electron chi connectivity index (χ2n) is 8.56. The highest BCUT2D eigenvalue weighted by Gasteiger charge is 2.32. The van der Waals surface area contributed by atoms with Crippen molar-refractivity contribution in [2.75, 3.05) is 26.7 Å². The summed E-state index contributed by atoms with van der Waals surface area (Å²) in [7, 11) is 1.90. The second kappa shape index (κ2) is 10.9. The lowest BCUT2D eigenvalue weighted by Gasteiger charge is -2.34. The predicted molar refractivity (Wildman–Crippen MR) is 137 cm³/mol. The Hall–Kier alpha value is -2.04. The van der Waals surface area contributed by atoms with Gasteiger partial charge in [-0.2, -0.15) is 0 Å². The van der Waals surface area contributed by atoms with Crippen molar-refractivity contribution in [1.29, 1.82) is 0 Å². The third kappa shape index (κ3) is 5.91. The van der Waals surface area contributed by atoms with E-state index in [2.05, 4.69) is 4.90 Å². The summed E-state index contributed by atoms with van der Waals surface area (Å²) in [5.41, 5.74) is 2.87. The average molecular weight is 502 g/mol. The van der Waals surface area contributed by atoms with Gasteiger partial charge in [0, 0.05) is 28.7 Å². The lowest BCUT2D eigenvalue weighted by atomic mass is 9.89. The molecular formula is C27H27Cl3N2O. The molecule has 1 heterocycles. The van der Waals surface area contributed by atoms with Gasteiger partial charge in [0.25, 0.3) is 0 Å². The number of carbonyl (C=O) groups is 1. The molecule has 172 valence electrons. The van der Waals surface area contributed by atoms with Crippen molar-refractivity contribution in [3.63, 3.8) is 0 Å². The van der Waals surface area contributed by atoms with E-state index < -0.39 is 5.92 Å². The first kappa shape index (κ1) is 24.1. The fourth-order valence-corrected chi connectivity index (χ4v) is 4.87. The molecule has 0 bridgehead atoms. The van der Waals surface area contributed by atoms with Crippen molar-refractivity contribution in [2.24, 2.45) is 0 Å². The molecule has 1 atom stereocenters. The highest BCUT2D eigenvalue weighted by Crippen LogP contribution is 2.33. The lowest BCUT2D eigenvalue weighted by molar-refractivity contribution is -0.133. The Labute approximate surface area is 210 Å². The van der Waals surface area contributed by atoms with Crippen LogP contribution >= 0.6 is 34.8 Å². The van der Waals surface area contributed by atoms with E-state index in [0.29, 0.717) is 15.1 Å². The van der Waals surface area contributed by atoms with Gasteiger partial charge in [0.15, 0.2) is 0 Å². The van der Waals surface area contributed by atoms with Crippen LogP contribution in [0.5, 0.6) is 0 Å². The molecule has 1 saturated heterocycles.